The first kappa shape index (κ1) is 21.0. The monoisotopic (exact) mass is 422 g/mol. The van der Waals surface area contributed by atoms with Crippen molar-refractivity contribution in [3.05, 3.63) is 71.0 Å². The summed E-state index contributed by atoms with van der Waals surface area (Å²) in [4.78, 5) is 31.6. The van der Waals surface area contributed by atoms with Crippen LogP contribution in [0.3, 0.4) is 0 Å². The van der Waals surface area contributed by atoms with E-state index in [1.807, 2.05) is 51.1 Å². The molecule has 2 aromatic carbocycles. The third-order valence-corrected chi connectivity index (χ3v) is 6.49. The summed E-state index contributed by atoms with van der Waals surface area (Å²) in [6.45, 7) is 5.93. The van der Waals surface area contributed by atoms with E-state index in [2.05, 4.69) is 10.3 Å². The number of hydrogen-bond acceptors (Lipinski definition) is 4. The highest BCUT2D eigenvalue weighted by Crippen LogP contribution is 2.57. The Morgan fingerprint density at radius 3 is 2.68 bits per heavy atom. The number of guanidine groups is 1. The van der Waals surface area contributed by atoms with Crippen LogP contribution in [0.1, 0.15) is 54.7 Å². The lowest BCUT2D eigenvalue weighted by atomic mass is 10.1. The second kappa shape index (κ2) is 7.80. The maximum absolute atomic E-state index is 14.3. The van der Waals surface area contributed by atoms with Crippen LogP contribution < -0.4 is 11.1 Å². The fourth-order valence-corrected chi connectivity index (χ4v) is 4.72. The molecule has 1 aliphatic heterocycles. The summed E-state index contributed by atoms with van der Waals surface area (Å²) < 4.78 is 14.3. The van der Waals surface area contributed by atoms with Gasteiger partial charge in [-0.2, -0.15) is 0 Å². The Morgan fingerprint density at radius 2 is 2.00 bits per heavy atom. The third kappa shape index (κ3) is 3.80. The van der Waals surface area contributed by atoms with Gasteiger partial charge in [-0.25, -0.2) is 9.38 Å². The predicted molar refractivity (Wildman–Crippen MR) is 117 cm³/mol. The minimum atomic E-state index is -0.544. The second-order valence-corrected chi connectivity index (χ2v) is 8.57. The Balaban J connectivity index is 1.51. The molecule has 1 aliphatic carbocycles. The summed E-state index contributed by atoms with van der Waals surface area (Å²) >= 11 is 0. The fraction of sp³-hybridized carbons (Fsp3) is 0.375. The number of benzene rings is 2. The van der Waals surface area contributed by atoms with E-state index in [0.717, 1.165) is 12.0 Å². The zero-order valence-electron chi connectivity index (χ0n) is 17.9. The zero-order chi connectivity index (χ0) is 22.3. The molecule has 7 heteroatoms. The van der Waals surface area contributed by atoms with Crippen molar-refractivity contribution in [2.24, 2.45) is 22.6 Å². The lowest BCUT2D eigenvalue weighted by Gasteiger charge is -2.27. The van der Waals surface area contributed by atoms with Crippen LogP contribution in [0, 0.1) is 17.7 Å². The smallest absolute Gasteiger partial charge is 0.251 e. The van der Waals surface area contributed by atoms with Crippen LogP contribution >= 0.6 is 0 Å². The highest BCUT2D eigenvalue weighted by molar-refractivity contribution is 6.02. The first-order chi connectivity index (χ1) is 14.7. The molecule has 6 nitrogen and oxygen atoms in total. The van der Waals surface area contributed by atoms with E-state index in [4.69, 9.17) is 5.73 Å². The van der Waals surface area contributed by atoms with Gasteiger partial charge >= 0.3 is 0 Å². The van der Waals surface area contributed by atoms with E-state index in [1.54, 1.807) is 6.07 Å². The van der Waals surface area contributed by atoms with Gasteiger partial charge in [0.1, 0.15) is 5.82 Å². The molecule has 0 aromatic heterocycles. The van der Waals surface area contributed by atoms with Gasteiger partial charge in [0.2, 0.25) is 5.91 Å². The van der Waals surface area contributed by atoms with Gasteiger partial charge < -0.3 is 11.1 Å². The van der Waals surface area contributed by atoms with E-state index < -0.39 is 11.4 Å². The number of aliphatic imine (C=N–C) groups is 1. The van der Waals surface area contributed by atoms with Crippen molar-refractivity contribution in [2.75, 3.05) is 0 Å². The van der Waals surface area contributed by atoms with Gasteiger partial charge in [-0.3, -0.25) is 14.5 Å². The normalized spacial score (nSPS) is 25.5. The van der Waals surface area contributed by atoms with Crippen LogP contribution in [0.5, 0.6) is 0 Å². The topological polar surface area (TPSA) is 87.8 Å². The number of nitrogens with one attached hydrogen (secondary N) is 1. The van der Waals surface area contributed by atoms with Gasteiger partial charge in [-0.1, -0.05) is 43.7 Å². The summed E-state index contributed by atoms with van der Waals surface area (Å²) in [6, 6.07) is 13.4. The standard InChI is InChI=1S/C24H27FN4O2/c1-4-19-20-22(31)29(23(26)28-24(19,20)3)13-15-10-17(12-18(25)11-15)21(30)27-14(2)16-8-6-5-7-9-16/h5-12,14,19-20H,4,13H2,1-3H3,(H2,26,28)(H,27,30)/t14-,19?,20?,24+/m0/s1. The van der Waals surface area contributed by atoms with Crippen molar-refractivity contribution in [3.63, 3.8) is 0 Å². The Labute approximate surface area is 181 Å². The van der Waals surface area contributed by atoms with Crippen molar-refractivity contribution in [1.82, 2.24) is 10.2 Å². The number of hydrogen-bond donors (Lipinski definition) is 2. The molecule has 1 heterocycles. The summed E-state index contributed by atoms with van der Waals surface area (Å²) in [5.41, 5.74) is 7.30. The molecule has 1 saturated carbocycles. The summed E-state index contributed by atoms with van der Waals surface area (Å²) in [6.07, 6.45) is 0.849. The molecule has 31 heavy (non-hydrogen) atoms. The number of rotatable bonds is 6. The number of nitrogens with two attached hydrogens (primary N) is 1. The maximum atomic E-state index is 14.3. The van der Waals surface area contributed by atoms with E-state index >= 15 is 0 Å². The van der Waals surface area contributed by atoms with Gasteiger partial charge in [0, 0.05) is 5.56 Å². The molecule has 0 saturated heterocycles. The van der Waals surface area contributed by atoms with Crippen molar-refractivity contribution in [3.8, 4) is 0 Å². The Hall–Kier alpha value is -3.22. The fourth-order valence-electron chi connectivity index (χ4n) is 4.72. The highest BCUT2D eigenvalue weighted by Gasteiger charge is 2.67. The molecule has 2 aromatic rings. The van der Waals surface area contributed by atoms with Crippen LogP contribution in [0.2, 0.25) is 0 Å². The summed E-state index contributed by atoms with van der Waals surface area (Å²) in [7, 11) is 0. The van der Waals surface area contributed by atoms with Crippen LogP contribution in [-0.4, -0.2) is 28.2 Å². The summed E-state index contributed by atoms with van der Waals surface area (Å²) in [5.74, 6) is -0.880. The average Bonchev–Trinajstić information content (AvgIpc) is 3.35. The lowest BCUT2D eigenvalue weighted by molar-refractivity contribution is -0.130. The SMILES string of the molecule is CCC1C2C(=O)N(Cc3cc(F)cc(C(=O)N[C@@H](C)c4ccccc4)c3)C(N)=N[C@]12C. The molecule has 0 spiro atoms. The van der Waals surface area contributed by atoms with Gasteiger partial charge in [0.25, 0.3) is 5.91 Å². The molecule has 4 rings (SSSR count). The Kier molecular flexibility index (Phi) is 5.29. The second-order valence-electron chi connectivity index (χ2n) is 8.57. The van der Waals surface area contributed by atoms with Gasteiger partial charge in [-0.15, -0.1) is 0 Å². The molecule has 2 unspecified atom stereocenters. The third-order valence-electron chi connectivity index (χ3n) is 6.49. The van der Waals surface area contributed by atoms with E-state index in [-0.39, 0.29) is 47.8 Å². The largest absolute Gasteiger partial charge is 0.369 e. The number of fused-ring (bicyclic) bond motifs is 1. The van der Waals surface area contributed by atoms with Crippen LogP contribution in [0.15, 0.2) is 53.5 Å². The number of nitrogens with zero attached hydrogens (tertiary/aromatic N) is 2. The molecular weight excluding hydrogens is 395 g/mol. The first-order valence-electron chi connectivity index (χ1n) is 10.6. The van der Waals surface area contributed by atoms with Gasteiger partial charge in [0.05, 0.1) is 24.0 Å². The van der Waals surface area contributed by atoms with Crippen molar-refractivity contribution in [2.45, 2.75) is 45.3 Å². The lowest BCUT2D eigenvalue weighted by Crippen LogP contribution is -2.47. The minimum absolute atomic E-state index is 0.0729. The van der Waals surface area contributed by atoms with Crippen molar-refractivity contribution < 1.29 is 14.0 Å². The number of amides is 2. The van der Waals surface area contributed by atoms with Crippen molar-refractivity contribution in [1.29, 1.82) is 0 Å². The molecule has 0 radical (unpaired) electrons. The van der Waals surface area contributed by atoms with Crippen LogP contribution in [0.25, 0.3) is 0 Å². The molecular formula is C24H27FN4O2. The molecule has 4 atom stereocenters. The zero-order valence-corrected chi connectivity index (χ0v) is 17.9. The number of carbonyl (C=O) groups excluding carboxylic acids is 2. The van der Waals surface area contributed by atoms with E-state index in [0.29, 0.717) is 5.56 Å². The molecule has 2 amide bonds. The molecule has 2 aliphatic rings. The van der Waals surface area contributed by atoms with Gasteiger partial charge in [-0.05, 0) is 49.1 Å². The summed E-state index contributed by atoms with van der Waals surface area (Å²) in [5, 5.41) is 2.89. The Morgan fingerprint density at radius 1 is 1.29 bits per heavy atom. The molecule has 0 bridgehead atoms. The number of carbonyl (C=O) groups is 2. The van der Waals surface area contributed by atoms with Gasteiger partial charge in [0.15, 0.2) is 5.96 Å². The molecule has 3 N–H and O–H groups in total. The van der Waals surface area contributed by atoms with Crippen LogP contribution in [-0.2, 0) is 11.3 Å². The predicted octanol–water partition coefficient (Wildman–Crippen LogP) is 3.39. The average molecular weight is 423 g/mol. The maximum Gasteiger partial charge on any atom is 0.251 e. The van der Waals surface area contributed by atoms with E-state index in [9.17, 15) is 14.0 Å². The number of halogens is 1. The molecule has 1 fully saturated rings. The van der Waals surface area contributed by atoms with Crippen LogP contribution in [0.4, 0.5) is 4.39 Å². The Bertz CT molecular complexity index is 1050. The molecule has 162 valence electrons. The highest BCUT2D eigenvalue weighted by atomic mass is 19.1. The van der Waals surface area contributed by atoms with E-state index in [1.165, 1.54) is 17.0 Å². The minimum Gasteiger partial charge on any atom is -0.369 e. The van der Waals surface area contributed by atoms with Crippen molar-refractivity contribution >= 4 is 17.8 Å². The quantitative estimate of drug-likeness (QED) is 0.748. The first-order valence-corrected chi connectivity index (χ1v) is 10.6.